The molecule has 0 bridgehead atoms. The molecule has 0 atom stereocenters. The lowest BCUT2D eigenvalue weighted by atomic mass is 10.1. The van der Waals surface area contributed by atoms with Gasteiger partial charge in [0.15, 0.2) is 18.1 Å². The van der Waals surface area contributed by atoms with E-state index in [4.69, 9.17) is 9.47 Å². The number of anilines is 1. The number of para-hydroxylation sites is 3. The minimum Gasteiger partial charge on any atom is -0.490 e. The molecule has 2 N–H and O–H groups in total. The van der Waals surface area contributed by atoms with Gasteiger partial charge in [-0.1, -0.05) is 37.3 Å². The molecule has 0 aromatic heterocycles. The zero-order chi connectivity index (χ0) is 17.2. The Labute approximate surface area is 155 Å². The van der Waals surface area contributed by atoms with E-state index < -0.39 is 0 Å². The third-order valence-electron chi connectivity index (χ3n) is 3.36. The summed E-state index contributed by atoms with van der Waals surface area (Å²) in [6.45, 7) is 6.01. The van der Waals surface area contributed by atoms with Crippen LogP contribution in [0.25, 0.3) is 0 Å². The van der Waals surface area contributed by atoms with E-state index in [1.165, 1.54) is 0 Å². The highest BCUT2D eigenvalue weighted by Crippen LogP contribution is 2.26. The standard InChI is InChI=1S/C19H24N2O3.ClH/c1-3-20-13-15-9-5-6-10-16(15)21-19(22)14-24-18-12-8-7-11-17(18)23-4-2;/h5-12,20H,3-4,13-14H2,1-2H3,(H,21,22);1H. The van der Waals surface area contributed by atoms with Crippen LogP contribution in [0.4, 0.5) is 5.69 Å². The van der Waals surface area contributed by atoms with Crippen molar-refractivity contribution in [1.82, 2.24) is 5.32 Å². The third kappa shape index (κ3) is 6.64. The summed E-state index contributed by atoms with van der Waals surface area (Å²) in [4.78, 5) is 12.2. The molecular formula is C19H25ClN2O3. The summed E-state index contributed by atoms with van der Waals surface area (Å²) in [7, 11) is 0. The van der Waals surface area contributed by atoms with Crippen LogP contribution in [0.2, 0.25) is 0 Å². The number of hydrogen-bond acceptors (Lipinski definition) is 4. The topological polar surface area (TPSA) is 59.6 Å². The smallest absolute Gasteiger partial charge is 0.262 e. The van der Waals surface area contributed by atoms with Crippen LogP contribution >= 0.6 is 12.4 Å². The van der Waals surface area contributed by atoms with E-state index in [0.717, 1.165) is 17.8 Å². The number of halogens is 1. The quantitative estimate of drug-likeness (QED) is 0.713. The number of ether oxygens (including phenoxy) is 2. The van der Waals surface area contributed by atoms with Gasteiger partial charge in [0.2, 0.25) is 0 Å². The molecular weight excluding hydrogens is 340 g/mol. The molecule has 0 fully saturated rings. The molecule has 0 aliphatic rings. The van der Waals surface area contributed by atoms with Crippen molar-refractivity contribution in [2.75, 3.05) is 25.1 Å². The largest absolute Gasteiger partial charge is 0.490 e. The van der Waals surface area contributed by atoms with Crippen molar-refractivity contribution in [3.05, 3.63) is 54.1 Å². The molecule has 0 saturated carbocycles. The van der Waals surface area contributed by atoms with E-state index in [2.05, 4.69) is 10.6 Å². The first-order valence-corrected chi connectivity index (χ1v) is 8.17. The van der Waals surface area contributed by atoms with E-state index in [-0.39, 0.29) is 24.9 Å². The van der Waals surface area contributed by atoms with Crippen molar-refractivity contribution in [2.45, 2.75) is 20.4 Å². The number of carbonyl (C=O) groups excluding carboxylic acids is 1. The Kier molecular flexibility index (Phi) is 9.43. The molecule has 0 aliphatic heterocycles. The van der Waals surface area contributed by atoms with Crippen molar-refractivity contribution in [2.24, 2.45) is 0 Å². The summed E-state index contributed by atoms with van der Waals surface area (Å²) < 4.78 is 11.1. The maximum atomic E-state index is 12.2. The highest BCUT2D eigenvalue weighted by Gasteiger charge is 2.09. The summed E-state index contributed by atoms with van der Waals surface area (Å²) in [6, 6.07) is 15.1. The van der Waals surface area contributed by atoms with Crippen LogP contribution in [0.15, 0.2) is 48.5 Å². The molecule has 25 heavy (non-hydrogen) atoms. The first kappa shape index (κ1) is 20.8. The van der Waals surface area contributed by atoms with E-state index >= 15 is 0 Å². The number of hydrogen-bond donors (Lipinski definition) is 2. The third-order valence-corrected chi connectivity index (χ3v) is 3.36. The maximum absolute atomic E-state index is 12.2. The van der Waals surface area contributed by atoms with Crippen LogP contribution < -0.4 is 20.1 Å². The predicted octanol–water partition coefficient (Wildman–Crippen LogP) is 3.63. The van der Waals surface area contributed by atoms with Gasteiger partial charge in [0, 0.05) is 12.2 Å². The fourth-order valence-electron chi connectivity index (χ4n) is 2.23. The number of benzene rings is 2. The molecule has 2 aromatic carbocycles. The van der Waals surface area contributed by atoms with Crippen LogP contribution in [0.5, 0.6) is 11.5 Å². The molecule has 2 aromatic rings. The first-order chi connectivity index (χ1) is 11.7. The Morgan fingerprint density at radius 2 is 1.60 bits per heavy atom. The minimum atomic E-state index is -0.203. The molecule has 0 radical (unpaired) electrons. The highest BCUT2D eigenvalue weighted by atomic mass is 35.5. The average molecular weight is 365 g/mol. The maximum Gasteiger partial charge on any atom is 0.262 e. The summed E-state index contributed by atoms with van der Waals surface area (Å²) >= 11 is 0. The van der Waals surface area contributed by atoms with Gasteiger partial charge in [-0.15, -0.1) is 12.4 Å². The van der Waals surface area contributed by atoms with Crippen LogP contribution in [0, 0.1) is 0 Å². The Balaban J connectivity index is 0.00000312. The Hall–Kier alpha value is -2.24. The molecule has 0 unspecified atom stereocenters. The summed E-state index contributed by atoms with van der Waals surface area (Å²) in [5.41, 5.74) is 1.84. The average Bonchev–Trinajstić information content (AvgIpc) is 2.60. The Morgan fingerprint density at radius 1 is 0.960 bits per heavy atom. The number of amides is 1. The first-order valence-electron chi connectivity index (χ1n) is 8.17. The van der Waals surface area contributed by atoms with Crippen molar-refractivity contribution >= 4 is 24.0 Å². The Bertz CT molecular complexity index is 665. The van der Waals surface area contributed by atoms with Gasteiger partial charge in [-0.2, -0.15) is 0 Å². The van der Waals surface area contributed by atoms with Gasteiger partial charge in [-0.05, 0) is 37.2 Å². The monoisotopic (exact) mass is 364 g/mol. The van der Waals surface area contributed by atoms with E-state index in [1.807, 2.05) is 56.3 Å². The van der Waals surface area contributed by atoms with Gasteiger partial charge in [0.25, 0.3) is 5.91 Å². The van der Waals surface area contributed by atoms with Crippen LogP contribution in [-0.4, -0.2) is 25.7 Å². The molecule has 136 valence electrons. The highest BCUT2D eigenvalue weighted by molar-refractivity contribution is 5.92. The van der Waals surface area contributed by atoms with Crippen LogP contribution in [-0.2, 0) is 11.3 Å². The molecule has 6 heteroatoms. The zero-order valence-corrected chi connectivity index (χ0v) is 15.4. The van der Waals surface area contributed by atoms with Gasteiger partial charge in [-0.3, -0.25) is 4.79 Å². The lowest BCUT2D eigenvalue weighted by Gasteiger charge is -2.13. The molecule has 5 nitrogen and oxygen atoms in total. The van der Waals surface area contributed by atoms with E-state index in [1.54, 1.807) is 6.07 Å². The van der Waals surface area contributed by atoms with Crippen molar-refractivity contribution in [1.29, 1.82) is 0 Å². The van der Waals surface area contributed by atoms with Gasteiger partial charge < -0.3 is 20.1 Å². The normalized spacial score (nSPS) is 9.84. The molecule has 0 saturated heterocycles. The second-order valence-electron chi connectivity index (χ2n) is 5.15. The lowest BCUT2D eigenvalue weighted by molar-refractivity contribution is -0.118. The zero-order valence-electron chi connectivity index (χ0n) is 14.6. The number of nitrogens with one attached hydrogen (secondary N) is 2. The number of carbonyl (C=O) groups is 1. The molecule has 2 rings (SSSR count). The van der Waals surface area contributed by atoms with Crippen LogP contribution in [0.3, 0.4) is 0 Å². The van der Waals surface area contributed by atoms with Crippen molar-refractivity contribution in [3.63, 3.8) is 0 Å². The Morgan fingerprint density at radius 3 is 2.28 bits per heavy atom. The minimum absolute atomic E-state index is 0. The van der Waals surface area contributed by atoms with E-state index in [9.17, 15) is 4.79 Å². The molecule has 0 heterocycles. The second-order valence-corrected chi connectivity index (χ2v) is 5.15. The molecule has 0 spiro atoms. The van der Waals surface area contributed by atoms with Gasteiger partial charge in [0.05, 0.1) is 6.61 Å². The van der Waals surface area contributed by atoms with Gasteiger partial charge >= 0.3 is 0 Å². The summed E-state index contributed by atoms with van der Waals surface area (Å²) in [5, 5.41) is 6.15. The van der Waals surface area contributed by atoms with Crippen LogP contribution in [0.1, 0.15) is 19.4 Å². The second kappa shape index (κ2) is 11.3. The van der Waals surface area contributed by atoms with E-state index in [0.29, 0.717) is 24.7 Å². The lowest BCUT2D eigenvalue weighted by Crippen LogP contribution is -2.22. The van der Waals surface area contributed by atoms with Crippen molar-refractivity contribution < 1.29 is 14.3 Å². The predicted molar refractivity (Wildman–Crippen MR) is 103 cm³/mol. The van der Waals surface area contributed by atoms with Gasteiger partial charge in [-0.25, -0.2) is 0 Å². The number of rotatable bonds is 9. The fraction of sp³-hybridized carbons (Fsp3) is 0.316. The SMILES string of the molecule is CCNCc1ccccc1NC(=O)COc1ccccc1OCC.Cl. The fourth-order valence-corrected chi connectivity index (χ4v) is 2.23. The summed E-state index contributed by atoms with van der Waals surface area (Å²) in [5.74, 6) is 1.00. The summed E-state index contributed by atoms with van der Waals surface area (Å²) in [6.07, 6.45) is 0. The molecule has 0 aliphatic carbocycles. The molecule has 1 amide bonds. The van der Waals surface area contributed by atoms with Crippen molar-refractivity contribution in [3.8, 4) is 11.5 Å². The van der Waals surface area contributed by atoms with Gasteiger partial charge in [0.1, 0.15) is 0 Å².